The standard InChI is InChI=1S/C16H19N5/c1-11-6-12(2)8-14(7-11)4-5-17-15-9-13(3)20-16-18-10-19-21(15)16/h6-10,17H,4-5H2,1-3H3. The van der Waals surface area contributed by atoms with Crippen molar-refractivity contribution in [2.24, 2.45) is 0 Å². The minimum atomic E-state index is 0.629. The quantitative estimate of drug-likeness (QED) is 0.799. The summed E-state index contributed by atoms with van der Waals surface area (Å²) in [5.74, 6) is 1.56. The Kier molecular flexibility index (Phi) is 3.56. The van der Waals surface area contributed by atoms with Gasteiger partial charge in [0.1, 0.15) is 12.1 Å². The van der Waals surface area contributed by atoms with Gasteiger partial charge in [-0.2, -0.15) is 14.6 Å². The van der Waals surface area contributed by atoms with E-state index in [0.717, 1.165) is 24.5 Å². The van der Waals surface area contributed by atoms with Crippen molar-refractivity contribution in [1.29, 1.82) is 0 Å². The Balaban J connectivity index is 1.73. The van der Waals surface area contributed by atoms with Gasteiger partial charge in [-0.05, 0) is 32.8 Å². The molecule has 0 radical (unpaired) electrons. The zero-order chi connectivity index (χ0) is 14.8. The molecule has 0 aliphatic heterocycles. The predicted octanol–water partition coefficient (Wildman–Crippen LogP) is 2.70. The number of aryl methyl sites for hydroxylation is 3. The molecule has 1 N–H and O–H groups in total. The van der Waals surface area contributed by atoms with Gasteiger partial charge in [-0.15, -0.1) is 0 Å². The molecule has 0 aliphatic rings. The molecule has 0 atom stereocenters. The van der Waals surface area contributed by atoms with E-state index in [9.17, 15) is 0 Å². The molecule has 2 heterocycles. The van der Waals surface area contributed by atoms with Gasteiger partial charge in [0.2, 0.25) is 0 Å². The summed E-state index contributed by atoms with van der Waals surface area (Å²) in [6.07, 6.45) is 2.50. The lowest BCUT2D eigenvalue weighted by molar-refractivity contribution is 0.905. The molecule has 0 amide bonds. The third-order valence-electron chi connectivity index (χ3n) is 3.38. The highest BCUT2D eigenvalue weighted by Crippen LogP contribution is 2.12. The van der Waals surface area contributed by atoms with Crippen molar-refractivity contribution in [3.05, 3.63) is 53.0 Å². The van der Waals surface area contributed by atoms with Crippen LogP contribution in [0.2, 0.25) is 0 Å². The predicted molar refractivity (Wildman–Crippen MR) is 83.6 cm³/mol. The second-order valence-electron chi connectivity index (χ2n) is 5.43. The molecule has 5 nitrogen and oxygen atoms in total. The van der Waals surface area contributed by atoms with E-state index in [-0.39, 0.29) is 0 Å². The summed E-state index contributed by atoms with van der Waals surface area (Å²) in [6, 6.07) is 8.65. The number of hydrogen-bond acceptors (Lipinski definition) is 4. The van der Waals surface area contributed by atoms with Crippen molar-refractivity contribution in [2.45, 2.75) is 27.2 Å². The number of hydrogen-bond donors (Lipinski definition) is 1. The first-order chi connectivity index (χ1) is 10.1. The Morgan fingerprint density at radius 3 is 2.57 bits per heavy atom. The fraction of sp³-hybridized carbons (Fsp3) is 0.312. The van der Waals surface area contributed by atoms with E-state index in [0.29, 0.717) is 5.78 Å². The molecule has 0 fully saturated rings. The second-order valence-corrected chi connectivity index (χ2v) is 5.43. The summed E-state index contributed by atoms with van der Waals surface area (Å²) in [7, 11) is 0. The fourth-order valence-electron chi connectivity index (χ4n) is 2.60. The van der Waals surface area contributed by atoms with E-state index in [1.807, 2.05) is 13.0 Å². The fourth-order valence-corrected chi connectivity index (χ4v) is 2.60. The number of nitrogens with zero attached hydrogens (tertiary/aromatic N) is 4. The molecule has 0 unspecified atom stereocenters. The van der Waals surface area contributed by atoms with Gasteiger partial charge in [-0.3, -0.25) is 0 Å². The molecule has 108 valence electrons. The molecule has 2 aromatic heterocycles. The summed E-state index contributed by atoms with van der Waals surface area (Å²) in [5, 5.41) is 7.62. The van der Waals surface area contributed by atoms with Crippen LogP contribution in [-0.4, -0.2) is 26.1 Å². The third kappa shape index (κ3) is 3.02. The van der Waals surface area contributed by atoms with E-state index in [4.69, 9.17) is 0 Å². The second kappa shape index (κ2) is 5.52. The van der Waals surface area contributed by atoms with Gasteiger partial charge in [0.25, 0.3) is 5.78 Å². The van der Waals surface area contributed by atoms with Crippen molar-refractivity contribution >= 4 is 11.6 Å². The lowest BCUT2D eigenvalue weighted by Crippen LogP contribution is -2.10. The SMILES string of the molecule is Cc1cc(C)cc(CCNc2cc(C)nc3ncnn23)c1. The smallest absolute Gasteiger partial charge is 0.254 e. The molecule has 1 aromatic carbocycles. The normalized spacial score (nSPS) is 11.0. The van der Waals surface area contributed by atoms with E-state index >= 15 is 0 Å². The number of fused-ring (bicyclic) bond motifs is 1. The first-order valence-electron chi connectivity index (χ1n) is 7.10. The summed E-state index contributed by atoms with van der Waals surface area (Å²) in [4.78, 5) is 8.47. The maximum atomic E-state index is 4.34. The highest BCUT2D eigenvalue weighted by atomic mass is 15.3. The molecular formula is C16H19N5. The third-order valence-corrected chi connectivity index (χ3v) is 3.38. The number of anilines is 1. The Labute approximate surface area is 124 Å². The van der Waals surface area contributed by atoms with Crippen molar-refractivity contribution < 1.29 is 0 Å². The number of rotatable bonds is 4. The average molecular weight is 281 g/mol. The van der Waals surface area contributed by atoms with Crippen LogP contribution in [-0.2, 0) is 6.42 Å². The van der Waals surface area contributed by atoms with Gasteiger partial charge in [-0.25, -0.2) is 4.98 Å². The molecular weight excluding hydrogens is 262 g/mol. The van der Waals surface area contributed by atoms with Gasteiger partial charge in [0, 0.05) is 18.3 Å². The molecule has 5 heteroatoms. The van der Waals surface area contributed by atoms with Crippen LogP contribution in [0.15, 0.2) is 30.6 Å². The number of benzene rings is 1. The van der Waals surface area contributed by atoms with Crippen LogP contribution in [0.3, 0.4) is 0 Å². The van der Waals surface area contributed by atoms with Gasteiger partial charge >= 0.3 is 0 Å². The highest BCUT2D eigenvalue weighted by molar-refractivity contribution is 5.44. The minimum absolute atomic E-state index is 0.629. The summed E-state index contributed by atoms with van der Waals surface area (Å²) >= 11 is 0. The number of aromatic nitrogens is 4. The molecule has 3 rings (SSSR count). The van der Waals surface area contributed by atoms with Crippen molar-refractivity contribution in [1.82, 2.24) is 19.6 Å². The summed E-state index contributed by atoms with van der Waals surface area (Å²) in [5.41, 5.74) is 4.90. The molecule has 0 bridgehead atoms. The van der Waals surface area contributed by atoms with Crippen LogP contribution in [0, 0.1) is 20.8 Å². The lowest BCUT2D eigenvalue weighted by atomic mass is 10.1. The molecule has 0 saturated carbocycles. The molecule has 0 aliphatic carbocycles. The van der Waals surface area contributed by atoms with Crippen LogP contribution in [0.5, 0.6) is 0 Å². The first-order valence-corrected chi connectivity index (χ1v) is 7.10. The monoisotopic (exact) mass is 281 g/mol. The molecule has 0 saturated heterocycles. The molecule has 3 aromatic rings. The van der Waals surface area contributed by atoms with Gasteiger partial charge in [-0.1, -0.05) is 29.3 Å². The maximum absolute atomic E-state index is 4.34. The molecule has 0 spiro atoms. The van der Waals surface area contributed by atoms with Gasteiger partial charge in [0.15, 0.2) is 0 Å². The zero-order valence-corrected chi connectivity index (χ0v) is 12.6. The highest BCUT2D eigenvalue weighted by Gasteiger charge is 2.05. The minimum Gasteiger partial charge on any atom is -0.370 e. The Morgan fingerprint density at radius 2 is 1.81 bits per heavy atom. The Bertz CT molecular complexity index is 755. The van der Waals surface area contributed by atoms with Crippen LogP contribution in [0.25, 0.3) is 5.78 Å². The van der Waals surface area contributed by atoms with E-state index in [2.05, 4.69) is 52.4 Å². The lowest BCUT2D eigenvalue weighted by Gasteiger charge is -2.09. The zero-order valence-electron chi connectivity index (χ0n) is 12.6. The largest absolute Gasteiger partial charge is 0.370 e. The molecule has 21 heavy (non-hydrogen) atoms. The topological polar surface area (TPSA) is 55.1 Å². The average Bonchev–Trinajstić information content (AvgIpc) is 2.85. The van der Waals surface area contributed by atoms with Crippen LogP contribution in [0.4, 0.5) is 5.82 Å². The van der Waals surface area contributed by atoms with Gasteiger partial charge in [0.05, 0.1) is 0 Å². The van der Waals surface area contributed by atoms with E-state index < -0.39 is 0 Å². The van der Waals surface area contributed by atoms with Gasteiger partial charge < -0.3 is 5.32 Å². The van der Waals surface area contributed by atoms with E-state index in [1.54, 1.807) is 4.52 Å². The van der Waals surface area contributed by atoms with Crippen LogP contribution in [0.1, 0.15) is 22.4 Å². The Hall–Kier alpha value is -2.43. The van der Waals surface area contributed by atoms with Crippen molar-refractivity contribution in [3.63, 3.8) is 0 Å². The first kappa shape index (κ1) is 13.5. The van der Waals surface area contributed by atoms with E-state index in [1.165, 1.54) is 23.0 Å². The Morgan fingerprint density at radius 1 is 1.05 bits per heavy atom. The summed E-state index contributed by atoms with van der Waals surface area (Å²) in [6.45, 7) is 7.08. The van der Waals surface area contributed by atoms with Crippen LogP contribution >= 0.6 is 0 Å². The van der Waals surface area contributed by atoms with Crippen LogP contribution < -0.4 is 5.32 Å². The number of nitrogens with one attached hydrogen (secondary N) is 1. The van der Waals surface area contributed by atoms with Crippen molar-refractivity contribution in [2.75, 3.05) is 11.9 Å². The van der Waals surface area contributed by atoms with Crippen molar-refractivity contribution in [3.8, 4) is 0 Å². The summed E-state index contributed by atoms with van der Waals surface area (Å²) < 4.78 is 1.73. The maximum Gasteiger partial charge on any atom is 0.254 e.